The quantitative estimate of drug-likeness (QED) is 0.486. The zero-order valence-electron chi connectivity index (χ0n) is 7.40. The molecule has 0 radical (unpaired) electrons. The van der Waals surface area contributed by atoms with E-state index in [1.54, 1.807) is 0 Å². The topological polar surface area (TPSA) is 63.7 Å². The molecule has 2 aliphatic rings. The van der Waals surface area contributed by atoms with Crippen molar-refractivity contribution in [1.82, 2.24) is 4.31 Å². The maximum absolute atomic E-state index is 11.2. The standard InChI is InChI=1S/C7H10ClNO4S/c8-14(11,12)9-6(10)4-7(9)2-1-3-13-5-7/h1-5H2. The minimum Gasteiger partial charge on any atom is -0.379 e. The van der Waals surface area contributed by atoms with Gasteiger partial charge in [-0.25, -0.2) is 4.31 Å². The summed E-state index contributed by atoms with van der Waals surface area (Å²) < 4.78 is 28.2. The average Bonchev–Trinajstić information content (AvgIpc) is 2.01. The lowest BCUT2D eigenvalue weighted by molar-refractivity contribution is -0.155. The molecule has 7 heteroatoms. The first-order valence-electron chi connectivity index (χ1n) is 4.31. The second-order valence-electron chi connectivity index (χ2n) is 3.66. The summed E-state index contributed by atoms with van der Waals surface area (Å²) in [5, 5.41) is 0. The van der Waals surface area contributed by atoms with Crippen LogP contribution in [-0.2, 0) is 18.8 Å². The molecule has 0 saturated carbocycles. The van der Waals surface area contributed by atoms with Crippen LogP contribution in [0.4, 0.5) is 0 Å². The summed E-state index contributed by atoms with van der Waals surface area (Å²) in [5.41, 5.74) is -0.685. The number of carbonyl (C=O) groups excluding carboxylic acids is 1. The minimum atomic E-state index is -3.95. The molecule has 0 N–H and O–H groups in total. The average molecular weight is 240 g/mol. The zero-order chi connectivity index (χ0) is 10.4. The van der Waals surface area contributed by atoms with Gasteiger partial charge < -0.3 is 4.74 Å². The Kier molecular flexibility index (Phi) is 2.24. The molecule has 5 nitrogen and oxygen atoms in total. The van der Waals surface area contributed by atoms with Crippen molar-refractivity contribution in [2.24, 2.45) is 0 Å². The van der Waals surface area contributed by atoms with Gasteiger partial charge in [0.15, 0.2) is 0 Å². The first kappa shape index (κ1) is 10.2. The molecule has 80 valence electrons. The summed E-state index contributed by atoms with van der Waals surface area (Å²) in [6, 6.07) is 0. The number of β-lactam (4-membered cyclic amide) rings is 1. The van der Waals surface area contributed by atoms with Gasteiger partial charge in [-0.3, -0.25) is 4.79 Å². The highest BCUT2D eigenvalue weighted by Crippen LogP contribution is 2.41. The summed E-state index contributed by atoms with van der Waals surface area (Å²) in [6.07, 6.45) is 1.62. The minimum absolute atomic E-state index is 0.221. The van der Waals surface area contributed by atoms with Crippen molar-refractivity contribution in [3.8, 4) is 0 Å². The summed E-state index contributed by atoms with van der Waals surface area (Å²) in [4.78, 5) is 11.2. The first-order chi connectivity index (χ1) is 6.46. The molecule has 2 aliphatic heterocycles. The van der Waals surface area contributed by atoms with E-state index in [1.807, 2.05) is 0 Å². The Morgan fingerprint density at radius 1 is 1.50 bits per heavy atom. The van der Waals surface area contributed by atoms with Crippen LogP contribution < -0.4 is 0 Å². The first-order valence-corrected chi connectivity index (χ1v) is 6.58. The highest BCUT2D eigenvalue weighted by molar-refractivity contribution is 8.12. The molecule has 1 spiro atoms. The third kappa shape index (κ3) is 1.41. The Hall–Kier alpha value is -0.330. The highest BCUT2D eigenvalue weighted by Gasteiger charge is 2.57. The van der Waals surface area contributed by atoms with Gasteiger partial charge in [0.1, 0.15) is 0 Å². The molecule has 1 amide bonds. The fourth-order valence-electron chi connectivity index (χ4n) is 2.09. The van der Waals surface area contributed by atoms with Crippen molar-refractivity contribution in [1.29, 1.82) is 0 Å². The predicted molar refractivity (Wildman–Crippen MR) is 49.0 cm³/mol. The van der Waals surface area contributed by atoms with Gasteiger partial charge >= 0.3 is 9.24 Å². The van der Waals surface area contributed by atoms with Crippen LogP contribution in [0.25, 0.3) is 0 Å². The molecule has 2 rings (SSSR count). The Bertz CT molecular complexity index is 360. The van der Waals surface area contributed by atoms with Gasteiger partial charge in [0.2, 0.25) is 5.91 Å². The third-order valence-electron chi connectivity index (χ3n) is 2.66. The molecule has 1 atom stereocenters. The van der Waals surface area contributed by atoms with E-state index in [9.17, 15) is 13.2 Å². The van der Waals surface area contributed by atoms with Crippen LogP contribution in [0.3, 0.4) is 0 Å². The predicted octanol–water partition coefficient (Wildman–Crippen LogP) is 0.252. The molecule has 0 bridgehead atoms. The van der Waals surface area contributed by atoms with E-state index in [2.05, 4.69) is 0 Å². The zero-order valence-corrected chi connectivity index (χ0v) is 8.97. The number of halogens is 1. The van der Waals surface area contributed by atoms with Crippen molar-refractivity contribution in [2.45, 2.75) is 24.8 Å². The number of nitrogens with zero attached hydrogens (tertiary/aromatic N) is 1. The largest absolute Gasteiger partial charge is 0.379 e. The molecule has 2 heterocycles. The second-order valence-corrected chi connectivity index (χ2v) is 6.02. The van der Waals surface area contributed by atoms with Crippen molar-refractivity contribution in [3.05, 3.63) is 0 Å². The van der Waals surface area contributed by atoms with Crippen molar-refractivity contribution < 1.29 is 17.9 Å². The fraction of sp³-hybridized carbons (Fsp3) is 0.857. The number of amides is 1. The highest BCUT2D eigenvalue weighted by atomic mass is 35.7. The molecule has 2 fully saturated rings. The molecule has 0 aromatic heterocycles. The fourth-order valence-corrected chi connectivity index (χ4v) is 3.74. The van der Waals surface area contributed by atoms with E-state index >= 15 is 0 Å². The van der Waals surface area contributed by atoms with E-state index in [1.165, 1.54) is 0 Å². The number of hydrogen-bond donors (Lipinski definition) is 0. The van der Waals surface area contributed by atoms with Gasteiger partial charge in [-0.2, -0.15) is 8.42 Å². The summed E-state index contributed by atoms with van der Waals surface area (Å²) in [6.45, 7) is 0.886. The number of rotatable bonds is 1. The van der Waals surface area contributed by atoms with Gasteiger partial charge in [-0.05, 0) is 12.8 Å². The summed E-state index contributed by atoms with van der Waals surface area (Å²) in [7, 11) is 1.23. The third-order valence-corrected chi connectivity index (χ3v) is 4.10. The number of ether oxygens (including phenoxy) is 1. The lowest BCUT2D eigenvalue weighted by Crippen LogP contribution is -2.67. The smallest absolute Gasteiger partial charge is 0.324 e. The van der Waals surface area contributed by atoms with E-state index < -0.39 is 20.7 Å². The molecular formula is C7H10ClNO4S. The van der Waals surface area contributed by atoms with E-state index in [0.717, 1.165) is 10.7 Å². The van der Waals surface area contributed by atoms with E-state index in [4.69, 9.17) is 15.4 Å². The van der Waals surface area contributed by atoms with Crippen molar-refractivity contribution in [2.75, 3.05) is 13.2 Å². The monoisotopic (exact) mass is 239 g/mol. The van der Waals surface area contributed by atoms with Gasteiger partial charge in [-0.1, -0.05) is 0 Å². The molecule has 0 aromatic rings. The molecule has 2 saturated heterocycles. The van der Waals surface area contributed by atoms with Crippen LogP contribution in [0.5, 0.6) is 0 Å². The normalized spacial score (nSPS) is 33.2. The Labute approximate surface area is 86.5 Å². The summed E-state index contributed by atoms with van der Waals surface area (Å²) >= 11 is 0. The Morgan fingerprint density at radius 2 is 2.21 bits per heavy atom. The Morgan fingerprint density at radius 3 is 2.64 bits per heavy atom. The van der Waals surface area contributed by atoms with Gasteiger partial charge in [0.05, 0.1) is 18.6 Å². The van der Waals surface area contributed by atoms with Gasteiger partial charge in [0, 0.05) is 17.3 Å². The van der Waals surface area contributed by atoms with Crippen LogP contribution in [0.15, 0.2) is 0 Å². The molecule has 0 aromatic carbocycles. The Balaban J connectivity index is 2.26. The van der Waals surface area contributed by atoms with Crippen LogP contribution in [0.1, 0.15) is 19.3 Å². The van der Waals surface area contributed by atoms with Crippen LogP contribution in [0.2, 0.25) is 0 Å². The van der Waals surface area contributed by atoms with Crippen LogP contribution >= 0.6 is 10.7 Å². The molecule has 14 heavy (non-hydrogen) atoms. The lowest BCUT2D eigenvalue weighted by Gasteiger charge is -2.50. The van der Waals surface area contributed by atoms with Gasteiger partial charge in [-0.15, -0.1) is 0 Å². The maximum Gasteiger partial charge on any atom is 0.324 e. The van der Waals surface area contributed by atoms with Crippen molar-refractivity contribution in [3.63, 3.8) is 0 Å². The summed E-state index contributed by atoms with van der Waals surface area (Å²) in [5.74, 6) is -0.439. The van der Waals surface area contributed by atoms with Crippen LogP contribution in [0, 0.1) is 0 Å². The maximum atomic E-state index is 11.2. The van der Waals surface area contributed by atoms with Gasteiger partial charge in [0.25, 0.3) is 0 Å². The van der Waals surface area contributed by atoms with Crippen LogP contribution in [-0.4, -0.2) is 37.4 Å². The lowest BCUT2D eigenvalue weighted by atomic mass is 9.82. The van der Waals surface area contributed by atoms with Crippen molar-refractivity contribution >= 4 is 25.8 Å². The SMILES string of the molecule is O=C1CC2(CCCOC2)N1S(=O)(=O)Cl. The van der Waals surface area contributed by atoms with E-state index in [-0.39, 0.29) is 13.0 Å². The van der Waals surface area contributed by atoms with E-state index in [0.29, 0.717) is 13.0 Å². The molecule has 1 unspecified atom stereocenters. The second kappa shape index (κ2) is 3.08. The number of hydrogen-bond acceptors (Lipinski definition) is 4. The molecule has 0 aliphatic carbocycles. The molecular weight excluding hydrogens is 230 g/mol. The number of carbonyl (C=O) groups is 1.